The summed E-state index contributed by atoms with van der Waals surface area (Å²) in [5.74, 6) is -0.216. The molecule has 2 aromatic rings. The van der Waals surface area contributed by atoms with Crippen molar-refractivity contribution >= 4 is 23.4 Å². The van der Waals surface area contributed by atoms with Crippen LogP contribution in [0.15, 0.2) is 34.9 Å². The summed E-state index contributed by atoms with van der Waals surface area (Å²) >= 11 is 6.14. The SMILES string of the molecule is NC(=O)CC1CCCCN1C(=O)c1cc(-c2ccccc2Cl)on1. The van der Waals surface area contributed by atoms with E-state index in [4.69, 9.17) is 21.9 Å². The minimum Gasteiger partial charge on any atom is -0.370 e. The number of hydrogen-bond acceptors (Lipinski definition) is 4. The Labute approximate surface area is 144 Å². The number of carbonyl (C=O) groups excluding carboxylic acids is 2. The van der Waals surface area contributed by atoms with Crippen molar-refractivity contribution in [3.05, 3.63) is 41.0 Å². The molecule has 126 valence electrons. The molecule has 0 bridgehead atoms. The van der Waals surface area contributed by atoms with Crippen LogP contribution in [0.4, 0.5) is 0 Å². The molecule has 6 nitrogen and oxygen atoms in total. The molecule has 1 saturated heterocycles. The van der Waals surface area contributed by atoms with E-state index in [9.17, 15) is 9.59 Å². The summed E-state index contributed by atoms with van der Waals surface area (Å²) in [6.07, 6.45) is 2.81. The van der Waals surface area contributed by atoms with Gasteiger partial charge in [0, 0.05) is 30.6 Å². The van der Waals surface area contributed by atoms with Crippen LogP contribution in [0.5, 0.6) is 0 Å². The van der Waals surface area contributed by atoms with Gasteiger partial charge in [-0.25, -0.2) is 0 Å². The Morgan fingerprint density at radius 1 is 1.33 bits per heavy atom. The maximum Gasteiger partial charge on any atom is 0.276 e. The van der Waals surface area contributed by atoms with Crippen LogP contribution in [0.25, 0.3) is 11.3 Å². The highest BCUT2D eigenvalue weighted by atomic mass is 35.5. The maximum absolute atomic E-state index is 12.7. The zero-order chi connectivity index (χ0) is 17.1. The summed E-state index contributed by atoms with van der Waals surface area (Å²) in [6, 6.07) is 8.60. The molecule has 2 heterocycles. The van der Waals surface area contributed by atoms with Gasteiger partial charge in [0.15, 0.2) is 11.5 Å². The molecule has 7 heteroatoms. The van der Waals surface area contributed by atoms with E-state index in [0.717, 1.165) is 19.3 Å². The number of primary amides is 1. The lowest BCUT2D eigenvalue weighted by molar-refractivity contribution is -0.119. The standard InChI is InChI=1S/C17H18ClN3O3/c18-13-7-2-1-6-12(13)15-10-14(20-24-15)17(23)21-8-4-3-5-11(21)9-16(19)22/h1-2,6-7,10-11H,3-5,8-9H2,(H2,19,22). The number of amides is 2. The largest absolute Gasteiger partial charge is 0.370 e. The van der Waals surface area contributed by atoms with Crippen molar-refractivity contribution < 1.29 is 14.1 Å². The quantitative estimate of drug-likeness (QED) is 0.920. The number of carbonyl (C=O) groups is 2. The smallest absolute Gasteiger partial charge is 0.276 e. The van der Waals surface area contributed by atoms with Gasteiger partial charge in [0.05, 0.1) is 5.02 Å². The summed E-state index contributed by atoms with van der Waals surface area (Å²) in [5.41, 5.74) is 6.18. The Kier molecular flexibility index (Phi) is 4.85. The van der Waals surface area contributed by atoms with Crippen molar-refractivity contribution in [3.63, 3.8) is 0 Å². The normalized spacial score (nSPS) is 17.7. The number of halogens is 1. The van der Waals surface area contributed by atoms with Gasteiger partial charge in [0.2, 0.25) is 5.91 Å². The third-order valence-corrected chi connectivity index (χ3v) is 4.52. The fourth-order valence-corrected chi connectivity index (χ4v) is 3.25. The molecular formula is C17H18ClN3O3. The van der Waals surface area contributed by atoms with Crippen LogP contribution >= 0.6 is 11.6 Å². The van der Waals surface area contributed by atoms with E-state index >= 15 is 0 Å². The number of aromatic nitrogens is 1. The number of hydrogen-bond donors (Lipinski definition) is 1. The summed E-state index contributed by atoms with van der Waals surface area (Å²) in [4.78, 5) is 25.6. The van der Waals surface area contributed by atoms with Crippen LogP contribution in [0.3, 0.4) is 0 Å². The molecule has 1 aromatic heterocycles. The molecular weight excluding hydrogens is 330 g/mol. The highest BCUT2D eigenvalue weighted by Gasteiger charge is 2.30. The molecule has 3 rings (SSSR count). The molecule has 0 aliphatic carbocycles. The molecule has 1 fully saturated rings. The van der Waals surface area contributed by atoms with Crippen molar-refractivity contribution in [2.75, 3.05) is 6.54 Å². The first kappa shape index (κ1) is 16.5. The zero-order valence-corrected chi connectivity index (χ0v) is 13.8. The molecule has 24 heavy (non-hydrogen) atoms. The van der Waals surface area contributed by atoms with Gasteiger partial charge in [-0.3, -0.25) is 9.59 Å². The van der Waals surface area contributed by atoms with Gasteiger partial charge < -0.3 is 15.2 Å². The minimum atomic E-state index is -0.406. The lowest BCUT2D eigenvalue weighted by Gasteiger charge is -2.34. The molecule has 1 aliphatic rings. The first-order chi connectivity index (χ1) is 11.6. The predicted octanol–water partition coefficient (Wildman–Crippen LogP) is 2.87. The summed E-state index contributed by atoms with van der Waals surface area (Å²) in [7, 11) is 0. The lowest BCUT2D eigenvalue weighted by atomic mass is 9.98. The molecule has 2 amide bonds. The molecule has 2 N–H and O–H groups in total. The molecule has 1 atom stereocenters. The van der Waals surface area contributed by atoms with E-state index in [1.54, 1.807) is 23.1 Å². The van der Waals surface area contributed by atoms with Crippen LogP contribution in [-0.4, -0.2) is 34.5 Å². The highest BCUT2D eigenvalue weighted by Crippen LogP contribution is 2.29. The Morgan fingerprint density at radius 3 is 2.88 bits per heavy atom. The fourth-order valence-electron chi connectivity index (χ4n) is 3.02. The Bertz CT molecular complexity index is 759. The number of likely N-dealkylation sites (tertiary alicyclic amines) is 1. The molecule has 1 unspecified atom stereocenters. The van der Waals surface area contributed by atoms with Crippen LogP contribution in [-0.2, 0) is 4.79 Å². The van der Waals surface area contributed by atoms with E-state index in [1.165, 1.54) is 0 Å². The monoisotopic (exact) mass is 347 g/mol. The molecule has 0 radical (unpaired) electrons. The number of piperidine rings is 1. The van der Waals surface area contributed by atoms with Gasteiger partial charge >= 0.3 is 0 Å². The van der Waals surface area contributed by atoms with Crippen LogP contribution < -0.4 is 5.73 Å². The number of rotatable bonds is 4. The van der Waals surface area contributed by atoms with Crippen LogP contribution in [0.1, 0.15) is 36.2 Å². The zero-order valence-electron chi connectivity index (χ0n) is 13.1. The average Bonchev–Trinajstić information content (AvgIpc) is 3.04. The van der Waals surface area contributed by atoms with Crippen molar-refractivity contribution in [2.45, 2.75) is 31.7 Å². The van der Waals surface area contributed by atoms with E-state index in [-0.39, 0.29) is 24.1 Å². The van der Waals surface area contributed by atoms with Crippen molar-refractivity contribution in [1.29, 1.82) is 0 Å². The number of nitrogens with zero attached hydrogens (tertiary/aromatic N) is 2. The van der Waals surface area contributed by atoms with Crippen molar-refractivity contribution in [2.24, 2.45) is 5.73 Å². The van der Waals surface area contributed by atoms with Gasteiger partial charge in [0.1, 0.15) is 0 Å². The Balaban J connectivity index is 1.82. The molecule has 1 aromatic carbocycles. The highest BCUT2D eigenvalue weighted by molar-refractivity contribution is 6.33. The second-order valence-corrected chi connectivity index (χ2v) is 6.28. The van der Waals surface area contributed by atoms with Crippen molar-refractivity contribution in [3.8, 4) is 11.3 Å². The summed E-state index contributed by atoms with van der Waals surface area (Å²) in [5, 5.41) is 4.41. The van der Waals surface area contributed by atoms with E-state index in [0.29, 0.717) is 22.9 Å². The second kappa shape index (κ2) is 7.05. The van der Waals surface area contributed by atoms with Gasteiger partial charge in [-0.1, -0.05) is 28.9 Å². The van der Waals surface area contributed by atoms with Gasteiger partial charge in [-0.05, 0) is 31.4 Å². The maximum atomic E-state index is 12.7. The molecule has 0 saturated carbocycles. The van der Waals surface area contributed by atoms with Crippen LogP contribution in [0.2, 0.25) is 5.02 Å². The topological polar surface area (TPSA) is 89.4 Å². The van der Waals surface area contributed by atoms with Gasteiger partial charge in [-0.15, -0.1) is 0 Å². The van der Waals surface area contributed by atoms with Gasteiger partial charge in [-0.2, -0.15) is 0 Å². The number of nitrogens with two attached hydrogens (primary N) is 1. The first-order valence-electron chi connectivity index (χ1n) is 7.87. The fraction of sp³-hybridized carbons (Fsp3) is 0.353. The summed E-state index contributed by atoms with van der Waals surface area (Å²) in [6.45, 7) is 0.588. The lowest BCUT2D eigenvalue weighted by Crippen LogP contribution is -2.45. The molecule has 1 aliphatic heterocycles. The third kappa shape index (κ3) is 3.43. The third-order valence-electron chi connectivity index (χ3n) is 4.19. The van der Waals surface area contributed by atoms with Crippen molar-refractivity contribution in [1.82, 2.24) is 10.1 Å². The minimum absolute atomic E-state index is 0.168. The Hall–Kier alpha value is -2.34. The second-order valence-electron chi connectivity index (χ2n) is 5.87. The molecule has 0 spiro atoms. The Morgan fingerprint density at radius 2 is 2.12 bits per heavy atom. The number of benzene rings is 1. The first-order valence-corrected chi connectivity index (χ1v) is 8.25. The summed E-state index contributed by atoms with van der Waals surface area (Å²) < 4.78 is 5.29. The van der Waals surface area contributed by atoms with E-state index < -0.39 is 5.91 Å². The average molecular weight is 348 g/mol. The van der Waals surface area contributed by atoms with E-state index in [2.05, 4.69) is 5.16 Å². The predicted molar refractivity (Wildman–Crippen MR) is 89.4 cm³/mol. The van der Waals surface area contributed by atoms with Gasteiger partial charge in [0.25, 0.3) is 5.91 Å². The van der Waals surface area contributed by atoms with Crippen LogP contribution in [0, 0.1) is 0 Å². The van der Waals surface area contributed by atoms with E-state index in [1.807, 2.05) is 12.1 Å².